The summed E-state index contributed by atoms with van der Waals surface area (Å²) in [5.74, 6) is 0. The molecule has 0 aliphatic heterocycles. The van der Waals surface area contributed by atoms with Crippen LogP contribution in [0.4, 0.5) is 0 Å². The second-order valence-electron chi connectivity index (χ2n) is 4.46. The molecule has 0 radical (unpaired) electrons. The van der Waals surface area contributed by atoms with Crippen molar-refractivity contribution in [2.75, 3.05) is 33.9 Å². The average molecular weight is 301 g/mol. The standard InChI is InChI=1S/C13H23N3O3S/c1-4-14-10-12-6-7-13(15-11-12)20(17,18)16(2)8-5-9-19-3/h6-7,11,14H,4-5,8-10H2,1-3H3. The van der Waals surface area contributed by atoms with Gasteiger partial charge in [0.1, 0.15) is 0 Å². The first-order valence-corrected chi connectivity index (χ1v) is 8.07. The van der Waals surface area contributed by atoms with Gasteiger partial charge in [-0.15, -0.1) is 0 Å². The number of ether oxygens (including phenoxy) is 1. The molecule has 114 valence electrons. The lowest BCUT2D eigenvalue weighted by molar-refractivity contribution is 0.189. The van der Waals surface area contributed by atoms with E-state index in [2.05, 4.69) is 10.3 Å². The molecule has 0 saturated carbocycles. The third kappa shape index (κ3) is 4.82. The van der Waals surface area contributed by atoms with E-state index < -0.39 is 10.0 Å². The lowest BCUT2D eigenvalue weighted by Crippen LogP contribution is -2.29. The molecule has 1 aromatic rings. The summed E-state index contributed by atoms with van der Waals surface area (Å²) in [6, 6.07) is 3.33. The fraction of sp³-hybridized carbons (Fsp3) is 0.615. The van der Waals surface area contributed by atoms with E-state index in [-0.39, 0.29) is 5.03 Å². The first kappa shape index (κ1) is 17.0. The van der Waals surface area contributed by atoms with Gasteiger partial charge >= 0.3 is 0 Å². The van der Waals surface area contributed by atoms with Crippen molar-refractivity contribution in [1.29, 1.82) is 0 Å². The largest absolute Gasteiger partial charge is 0.385 e. The molecule has 0 fully saturated rings. The van der Waals surface area contributed by atoms with Gasteiger partial charge in [-0.25, -0.2) is 13.4 Å². The molecule has 6 nitrogen and oxygen atoms in total. The summed E-state index contributed by atoms with van der Waals surface area (Å²) in [4.78, 5) is 4.05. The predicted molar refractivity (Wildman–Crippen MR) is 77.9 cm³/mol. The molecule has 0 bridgehead atoms. The summed E-state index contributed by atoms with van der Waals surface area (Å²) in [5, 5.41) is 3.25. The molecule has 1 N–H and O–H groups in total. The Hall–Kier alpha value is -1.02. The van der Waals surface area contributed by atoms with Gasteiger partial charge in [0.25, 0.3) is 10.0 Å². The smallest absolute Gasteiger partial charge is 0.260 e. The Balaban J connectivity index is 2.71. The molecule has 0 saturated heterocycles. The van der Waals surface area contributed by atoms with Crippen LogP contribution in [-0.2, 0) is 21.3 Å². The number of nitrogens with one attached hydrogen (secondary N) is 1. The van der Waals surface area contributed by atoms with Gasteiger partial charge in [0.2, 0.25) is 0 Å². The summed E-state index contributed by atoms with van der Waals surface area (Å²) in [6.07, 6.45) is 2.25. The van der Waals surface area contributed by atoms with Crippen molar-refractivity contribution in [3.05, 3.63) is 23.9 Å². The number of hydrogen-bond acceptors (Lipinski definition) is 5. The maximum absolute atomic E-state index is 12.3. The van der Waals surface area contributed by atoms with E-state index in [9.17, 15) is 8.42 Å². The number of pyridine rings is 1. The van der Waals surface area contributed by atoms with E-state index in [1.165, 1.54) is 4.31 Å². The van der Waals surface area contributed by atoms with E-state index in [0.29, 0.717) is 26.1 Å². The number of hydrogen-bond donors (Lipinski definition) is 1. The zero-order valence-corrected chi connectivity index (χ0v) is 13.1. The van der Waals surface area contributed by atoms with Crippen molar-refractivity contribution < 1.29 is 13.2 Å². The molecule has 0 aromatic carbocycles. The van der Waals surface area contributed by atoms with Crippen molar-refractivity contribution in [3.63, 3.8) is 0 Å². The first-order valence-electron chi connectivity index (χ1n) is 6.63. The van der Waals surface area contributed by atoms with Gasteiger partial charge in [-0.05, 0) is 24.6 Å². The molecular formula is C13H23N3O3S. The minimum Gasteiger partial charge on any atom is -0.385 e. The van der Waals surface area contributed by atoms with Crippen LogP contribution in [0, 0.1) is 0 Å². The van der Waals surface area contributed by atoms with Gasteiger partial charge in [-0.1, -0.05) is 13.0 Å². The quantitative estimate of drug-likeness (QED) is 0.685. The summed E-state index contributed by atoms with van der Waals surface area (Å²) in [5.41, 5.74) is 0.966. The average Bonchev–Trinajstić information content (AvgIpc) is 2.45. The van der Waals surface area contributed by atoms with Gasteiger partial charge in [-0.3, -0.25) is 0 Å². The van der Waals surface area contributed by atoms with Crippen molar-refractivity contribution in [2.24, 2.45) is 0 Å². The van der Waals surface area contributed by atoms with Gasteiger partial charge in [-0.2, -0.15) is 4.31 Å². The predicted octanol–water partition coefficient (Wildman–Crippen LogP) is 0.848. The maximum Gasteiger partial charge on any atom is 0.260 e. The van der Waals surface area contributed by atoms with Gasteiger partial charge in [0, 0.05) is 40.1 Å². The molecule has 1 heterocycles. The highest BCUT2D eigenvalue weighted by Gasteiger charge is 2.21. The fourth-order valence-electron chi connectivity index (χ4n) is 1.65. The van der Waals surface area contributed by atoms with Crippen LogP contribution in [0.5, 0.6) is 0 Å². The molecule has 1 rings (SSSR count). The van der Waals surface area contributed by atoms with Gasteiger partial charge in [0.15, 0.2) is 5.03 Å². The molecule has 0 aliphatic carbocycles. The Bertz CT molecular complexity index is 488. The number of nitrogens with zero attached hydrogens (tertiary/aromatic N) is 2. The molecule has 0 amide bonds. The van der Waals surface area contributed by atoms with Crippen LogP contribution in [-0.4, -0.2) is 51.6 Å². The van der Waals surface area contributed by atoms with Crippen molar-refractivity contribution in [3.8, 4) is 0 Å². The molecule has 0 aliphatic rings. The maximum atomic E-state index is 12.3. The first-order chi connectivity index (χ1) is 9.52. The van der Waals surface area contributed by atoms with Crippen LogP contribution >= 0.6 is 0 Å². The Morgan fingerprint density at radius 2 is 2.15 bits per heavy atom. The Labute approximate surface area is 121 Å². The van der Waals surface area contributed by atoms with Gasteiger partial charge in [0.05, 0.1) is 0 Å². The van der Waals surface area contributed by atoms with Crippen LogP contribution in [0.3, 0.4) is 0 Å². The summed E-state index contributed by atoms with van der Waals surface area (Å²) in [6.45, 7) is 4.52. The van der Waals surface area contributed by atoms with Crippen molar-refractivity contribution in [1.82, 2.24) is 14.6 Å². The van der Waals surface area contributed by atoms with E-state index in [1.54, 1.807) is 32.5 Å². The van der Waals surface area contributed by atoms with Gasteiger partial charge < -0.3 is 10.1 Å². The van der Waals surface area contributed by atoms with Crippen molar-refractivity contribution >= 4 is 10.0 Å². The molecule has 20 heavy (non-hydrogen) atoms. The highest BCUT2D eigenvalue weighted by Crippen LogP contribution is 2.12. The topological polar surface area (TPSA) is 71.5 Å². The second kappa shape index (κ2) is 8.31. The molecule has 1 aromatic heterocycles. The fourth-order valence-corrected chi connectivity index (χ4v) is 2.76. The summed E-state index contributed by atoms with van der Waals surface area (Å²) >= 11 is 0. The molecule has 0 atom stereocenters. The van der Waals surface area contributed by atoms with Crippen LogP contribution < -0.4 is 5.32 Å². The SMILES string of the molecule is CCNCc1ccc(S(=O)(=O)N(C)CCCOC)nc1. The number of rotatable bonds is 9. The highest BCUT2D eigenvalue weighted by atomic mass is 32.2. The Morgan fingerprint density at radius 1 is 1.40 bits per heavy atom. The molecular weight excluding hydrogens is 278 g/mol. The molecule has 0 unspecified atom stereocenters. The minimum absolute atomic E-state index is 0.0812. The minimum atomic E-state index is -3.51. The van der Waals surface area contributed by atoms with Crippen LogP contribution in [0.1, 0.15) is 18.9 Å². The third-order valence-corrected chi connectivity index (χ3v) is 4.65. The number of aromatic nitrogens is 1. The third-order valence-electron chi connectivity index (χ3n) is 2.87. The second-order valence-corrected chi connectivity index (χ2v) is 6.45. The zero-order valence-electron chi connectivity index (χ0n) is 12.3. The lowest BCUT2D eigenvalue weighted by Gasteiger charge is -2.16. The lowest BCUT2D eigenvalue weighted by atomic mass is 10.3. The van der Waals surface area contributed by atoms with Crippen molar-refractivity contribution in [2.45, 2.75) is 24.9 Å². The van der Waals surface area contributed by atoms with Crippen LogP contribution in [0.25, 0.3) is 0 Å². The summed E-state index contributed by atoms with van der Waals surface area (Å²) in [7, 11) is -0.359. The zero-order chi connectivity index (χ0) is 15.0. The molecule has 7 heteroatoms. The van der Waals surface area contributed by atoms with E-state index in [0.717, 1.165) is 12.1 Å². The number of methoxy groups -OCH3 is 1. The van der Waals surface area contributed by atoms with Crippen LogP contribution in [0.15, 0.2) is 23.4 Å². The normalized spacial score (nSPS) is 12.0. The highest BCUT2D eigenvalue weighted by molar-refractivity contribution is 7.89. The monoisotopic (exact) mass is 301 g/mol. The van der Waals surface area contributed by atoms with E-state index in [4.69, 9.17) is 4.74 Å². The Morgan fingerprint density at radius 3 is 2.70 bits per heavy atom. The Kier molecular flexibility index (Phi) is 7.08. The molecule has 0 spiro atoms. The number of sulfonamides is 1. The van der Waals surface area contributed by atoms with E-state index >= 15 is 0 Å². The van der Waals surface area contributed by atoms with E-state index in [1.807, 2.05) is 6.92 Å². The van der Waals surface area contributed by atoms with Crippen LogP contribution in [0.2, 0.25) is 0 Å². The summed E-state index contributed by atoms with van der Waals surface area (Å²) < 4.78 is 30.7.